The van der Waals surface area contributed by atoms with E-state index in [1.165, 1.54) is 12.1 Å². The Morgan fingerprint density at radius 2 is 1.61 bits per heavy atom. The van der Waals surface area contributed by atoms with E-state index in [2.05, 4.69) is 26.6 Å². The van der Waals surface area contributed by atoms with Gasteiger partial charge in [0, 0.05) is 9.50 Å². The van der Waals surface area contributed by atoms with Crippen LogP contribution < -0.4 is 10.6 Å². The lowest BCUT2D eigenvalue weighted by atomic mass is 10.1. The Labute approximate surface area is 154 Å². The molecular weight excluding hydrogens is 436 g/mol. The summed E-state index contributed by atoms with van der Waals surface area (Å²) in [4.78, 5) is 0. The van der Waals surface area contributed by atoms with Crippen molar-refractivity contribution in [3.05, 3.63) is 56.5 Å². The van der Waals surface area contributed by atoms with E-state index in [-0.39, 0.29) is 15.8 Å². The summed E-state index contributed by atoms with van der Waals surface area (Å²) in [5.41, 5.74) is -0.640. The quantitative estimate of drug-likeness (QED) is 0.512. The van der Waals surface area contributed by atoms with Gasteiger partial charge in [0.15, 0.2) is 5.11 Å². The predicted molar refractivity (Wildman–Crippen MR) is 95.4 cm³/mol. The van der Waals surface area contributed by atoms with E-state index in [4.69, 9.17) is 35.4 Å². The van der Waals surface area contributed by atoms with Crippen LogP contribution in [0.4, 0.5) is 24.5 Å². The van der Waals surface area contributed by atoms with Crippen LogP contribution >= 0.6 is 51.3 Å². The van der Waals surface area contributed by atoms with Gasteiger partial charge in [0.1, 0.15) is 0 Å². The molecule has 0 aliphatic carbocycles. The molecular formula is C14H8BrCl2F3N2S. The minimum absolute atomic E-state index is 0.0160. The highest BCUT2D eigenvalue weighted by molar-refractivity contribution is 9.10. The van der Waals surface area contributed by atoms with Crippen molar-refractivity contribution in [2.75, 3.05) is 10.6 Å². The van der Waals surface area contributed by atoms with Crippen LogP contribution in [-0.4, -0.2) is 5.11 Å². The Bertz CT molecular complexity index is 753. The number of benzene rings is 2. The van der Waals surface area contributed by atoms with Gasteiger partial charge in [-0.2, -0.15) is 13.2 Å². The topological polar surface area (TPSA) is 24.1 Å². The van der Waals surface area contributed by atoms with Gasteiger partial charge in [-0.3, -0.25) is 0 Å². The molecule has 2 aromatic carbocycles. The Hall–Kier alpha value is -1.02. The smallest absolute Gasteiger partial charge is 0.332 e. The van der Waals surface area contributed by atoms with Gasteiger partial charge in [0.05, 0.1) is 22.0 Å². The minimum Gasteiger partial charge on any atom is -0.332 e. The van der Waals surface area contributed by atoms with Gasteiger partial charge >= 0.3 is 6.18 Å². The number of halogens is 6. The third-order valence-corrected chi connectivity index (χ3v) is 3.96. The fourth-order valence-electron chi connectivity index (χ4n) is 1.73. The van der Waals surface area contributed by atoms with Gasteiger partial charge < -0.3 is 10.6 Å². The highest BCUT2D eigenvalue weighted by Gasteiger charge is 2.34. The monoisotopic (exact) mass is 442 g/mol. The lowest BCUT2D eigenvalue weighted by Crippen LogP contribution is -2.21. The summed E-state index contributed by atoms with van der Waals surface area (Å²) in [6.45, 7) is 0. The Balaban J connectivity index is 2.21. The summed E-state index contributed by atoms with van der Waals surface area (Å²) in [6, 6.07) is 8.39. The van der Waals surface area contributed by atoms with Crippen molar-refractivity contribution >= 4 is 67.8 Å². The van der Waals surface area contributed by atoms with Crippen molar-refractivity contribution in [2.45, 2.75) is 6.18 Å². The van der Waals surface area contributed by atoms with Crippen LogP contribution in [0.1, 0.15) is 5.56 Å². The summed E-state index contributed by atoms with van der Waals surface area (Å²) >= 11 is 19.9. The molecule has 0 radical (unpaired) electrons. The molecule has 0 bridgehead atoms. The van der Waals surface area contributed by atoms with Crippen molar-refractivity contribution in [1.82, 2.24) is 0 Å². The number of alkyl halides is 3. The molecule has 0 saturated heterocycles. The maximum absolute atomic E-state index is 13.0. The fraction of sp³-hybridized carbons (Fsp3) is 0.0714. The minimum atomic E-state index is -4.56. The molecule has 2 aromatic rings. The van der Waals surface area contributed by atoms with E-state index >= 15 is 0 Å². The zero-order valence-electron chi connectivity index (χ0n) is 11.1. The SMILES string of the molecule is FC(F)(F)c1cc(Cl)ccc1NC(=S)Nc1ccc(Br)cc1Cl. The van der Waals surface area contributed by atoms with Crippen LogP contribution in [0.25, 0.3) is 0 Å². The molecule has 0 aliphatic heterocycles. The van der Waals surface area contributed by atoms with Crippen LogP contribution in [-0.2, 0) is 6.18 Å². The third-order valence-electron chi connectivity index (χ3n) is 2.71. The first-order valence-corrected chi connectivity index (χ1v) is 8.02. The maximum Gasteiger partial charge on any atom is 0.418 e. The normalized spacial score (nSPS) is 11.2. The average Bonchev–Trinajstić information content (AvgIpc) is 2.43. The fourth-order valence-corrected chi connectivity index (χ4v) is 2.84. The lowest BCUT2D eigenvalue weighted by molar-refractivity contribution is -0.136. The van der Waals surface area contributed by atoms with Crippen molar-refractivity contribution < 1.29 is 13.2 Å². The van der Waals surface area contributed by atoms with Gasteiger partial charge in [-0.25, -0.2) is 0 Å². The van der Waals surface area contributed by atoms with Crippen molar-refractivity contribution in [2.24, 2.45) is 0 Å². The first kappa shape index (κ1) is 18.3. The van der Waals surface area contributed by atoms with Crippen molar-refractivity contribution in [1.29, 1.82) is 0 Å². The van der Waals surface area contributed by atoms with Gasteiger partial charge in [-0.05, 0) is 48.6 Å². The number of hydrogen-bond acceptors (Lipinski definition) is 1. The molecule has 2 N–H and O–H groups in total. The zero-order chi connectivity index (χ0) is 17.2. The van der Waals surface area contributed by atoms with Gasteiger partial charge in [-0.1, -0.05) is 39.1 Å². The molecule has 122 valence electrons. The van der Waals surface area contributed by atoms with Crippen LogP contribution in [0.3, 0.4) is 0 Å². The van der Waals surface area contributed by atoms with E-state index in [1.807, 2.05) is 0 Å². The summed E-state index contributed by atoms with van der Waals surface area (Å²) < 4.78 is 39.8. The summed E-state index contributed by atoms with van der Waals surface area (Å²) in [5.74, 6) is 0. The van der Waals surface area contributed by atoms with Gasteiger partial charge in [0.2, 0.25) is 0 Å². The molecule has 0 spiro atoms. The summed E-state index contributed by atoms with van der Waals surface area (Å²) in [6.07, 6.45) is -4.56. The number of nitrogens with one attached hydrogen (secondary N) is 2. The zero-order valence-corrected chi connectivity index (χ0v) is 15.1. The Morgan fingerprint density at radius 3 is 2.22 bits per heavy atom. The van der Waals surface area contributed by atoms with E-state index in [9.17, 15) is 13.2 Å². The second-order valence-electron chi connectivity index (χ2n) is 4.39. The first-order chi connectivity index (χ1) is 10.7. The molecule has 0 fully saturated rings. The number of rotatable bonds is 2. The summed E-state index contributed by atoms with van der Waals surface area (Å²) in [7, 11) is 0. The highest BCUT2D eigenvalue weighted by Crippen LogP contribution is 2.36. The van der Waals surface area contributed by atoms with Crippen LogP contribution in [0.5, 0.6) is 0 Å². The molecule has 0 aromatic heterocycles. The molecule has 2 rings (SSSR count). The van der Waals surface area contributed by atoms with Crippen molar-refractivity contribution in [3.63, 3.8) is 0 Å². The Morgan fingerprint density at radius 1 is 1.00 bits per heavy atom. The molecule has 0 aliphatic rings. The second kappa shape index (κ2) is 7.25. The van der Waals surface area contributed by atoms with E-state index < -0.39 is 11.7 Å². The van der Waals surface area contributed by atoms with E-state index in [0.29, 0.717) is 10.7 Å². The molecule has 9 heteroatoms. The first-order valence-electron chi connectivity index (χ1n) is 6.06. The van der Waals surface area contributed by atoms with Gasteiger partial charge in [-0.15, -0.1) is 0 Å². The molecule has 0 amide bonds. The second-order valence-corrected chi connectivity index (χ2v) is 6.56. The molecule has 0 saturated carbocycles. The van der Waals surface area contributed by atoms with E-state index in [0.717, 1.165) is 10.5 Å². The number of hydrogen-bond donors (Lipinski definition) is 2. The van der Waals surface area contributed by atoms with Crippen molar-refractivity contribution in [3.8, 4) is 0 Å². The number of thiocarbonyl (C=S) groups is 1. The van der Waals surface area contributed by atoms with E-state index in [1.54, 1.807) is 18.2 Å². The third kappa shape index (κ3) is 4.97. The Kier molecular flexibility index (Phi) is 5.78. The molecule has 0 atom stereocenters. The van der Waals surface area contributed by atoms with Crippen LogP contribution in [0, 0.1) is 0 Å². The lowest BCUT2D eigenvalue weighted by Gasteiger charge is -2.16. The summed E-state index contributed by atoms with van der Waals surface area (Å²) in [5, 5.41) is 5.58. The molecule has 0 heterocycles. The highest BCUT2D eigenvalue weighted by atomic mass is 79.9. The van der Waals surface area contributed by atoms with Gasteiger partial charge in [0.25, 0.3) is 0 Å². The average molecular weight is 444 g/mol. The number of anilines is 2. The molecule has 2 nitrogen and oxygen atoms in total. The van der Waals surface area contributed by atoms with Crippen LogP contribution in [0.15, 0.2) is 40.9 Å². The molecule has 23 heavy (non-hydrogen) atoms. The standard InChI is InChI=1S/C14H8BrCl2F3N2S/c15-7-1-3-12(10(17)5-7)22-13(23)21-11-4-2-8(16)6-9(11)14(18,19)20/h1-6H,(H2,21,22,23). The maximum atomic E-state index is 13.0. The largest absolute Gasteiger partial charge is 0.418 e. The predicted octanol–water partition coefficient (Wildman–Crippen LogP) is 6.58. The van der Waals surface area contributed by atoms with Crippen LogP contribution in [0.2, 0.25) is 10.0 Å². The molecule has 0 unspecified atom stereocenters.